The second kappa shape index (κ2) is 10.9. The number of aromatic nitrogens is 2. The molecule has 0 spiro atoms. The third kappa shape index (κ3) is 5.85. The summed E-state index contributed by atoms with van der Waals surface area (Å²) in [7, 11) is 1.63. The number of carbonyl (C=O) groups is 2. The lowest BCUT2D eigenvalue weighted by Gasteiger charge is -2.29. The van der Waals surface area contributed by atoms with Crippen LogP contribution < -0.4 is 15.0 Å². The number of carbonyl (C=O) groups excluding carboxylic acids is 1. The van der Waals surface area contributed by atoms with E-state index in [0.717, 1.165) is 48.5 Å². The zero-order chi connectivity index (χ0) is 25.8. The first-order valence-electron chi connectivity index (χ1n) is 12.7. The Balaban J connectivity index is 1.16. The summed E-state index contributed by atoms with van der Waals surface area (Å²) in [5.74, 6) is 1.44. The Labute approximate surface area is 216 Å². The molecule has 0 atom stereocenters. The van der Waals surface area contributed by atoms with E-state index >= 15 is 0 Å². The molecule has 1 aromatic heterocycles. The van der Waals surface area contributed by atoms with Crippen molar-refractivity contribution in [1.29, 1.82) is 0 Å². The maximum Gasteiger partial charge on any atom is 0.303 e. The first kappa shape index (κ1) is 24.6. The molecule has 1 fully saturated rings. The number of amides is 1. The van der Waals surface area contributed by atoms with Gasteiger partial charge in [-0.2, -0.15) is 0 Å². The van der Waals surface area contributed by atoms with Gasteiger partial charge in [-0.05, 0) is 79.0 Å². The van der Waals surface area contributed by atoms with Crippen molar-refractivity contribution in [3.63, 3.8) is 0 Å². The minimum Gasteiger partial charge on any atom is -0.497 e. The Morgan fingerprint density at radius 2 is 1.78 bits per heavy atom. The van der Waals surface area contributed by atoms with Crippen molar-refractivity contribution in [3.05, 3.63) is 83.6 Å². The van der Waals surface area contributed by atoms with Crippen molar-refractivity contribution in [1.82, 2.24) is 14.9 Å². The zero-order valence-electron chi connectivity index (χ0n) is 21.0. The number of ether oxygens (including phenoxy) is 1. The van der Waals surface area contributed by atoms with E-state index in [1.165, 1.54) is 5.56 Å². The van der Waals surface area contributed by atoms with E-state index in [-0.39, 0.29) is 12.3 Å². The number of carboxylic acids is 1. The van der Waals surface area contributed by atoms with E-state index in [9.17, 15) is 9.59 Å². The summed E-state index contributed by atoms with van der Waals surface area (Å²) in [6.45, 7) is 0.991. The van der Waals surface area contributed by atoms with Gasteiger partial charge < -0.3 is 24.6 Å². The smallest absolute Gasteiger partial charge is 0.303 e. The molecule has 37 heavy (non-hydrogen) atoms. The van der Waals surface area contributed by atoms with Crippen molar-refractivity contribution in [2.75, 3.05) is 12.0 Å². The fourth-order valence-corrected chi connectivity index (χ4v) is 5.22. The highest BCUT2D eigenvalue weighted by molar-refractivity contribution is 5.92. The summed E-state index contributed by atoms with van der Waals surface area (Å²) >= 11 is 0. The molecule has 5 rings (SSSR count). The van der Waals surface area contributed by atoms with Crippen molar-refractivity contribution < 1.29 is 19.4 Å². The molecule has 0 unspecified atom stereocenters. The molecule has 1 amide bonds. The molecule has 1 saturated carbocycles. The summed E-state index contributed by atoms with van der Waals surface area (Å²) in [5, 5.41) is 12.0. The van der Waals surface area contributed by atoms with Crippen molar-refractivity contribution in [2.24, 2.45) is 5.92 Å². The van der Waals surface area contributed by atoms with Gasteiger partial charge in [-0.3, -0.25) is 9.59 Å². The number of fused-ring (bicyclic) bond motifs is 1. The molecule has 8 nitrogen and oxygen atoms in total. The monoisotopic (exact) mass is 500 g/mol. The molecule has 3 aromatic rings. The van der Waals surface area contributed by atoms with Crippen LogP contribution in [0.2, 0.25) is 0 Å². The van der Waals surface area contributed by atoms with Gasteiger partial charge in [-0.1, -0.05) is 24.3 Å². The van der Waals surface area contributed by atoms with E-state index in [1.54, 1.807) is 13.3 Å². The Kier molecular flexibility index (Phi) is 7.25. The first-order chi connectivity index (χ1) is 18.0. The second-order valence-corrected chi connectivity index (χ2v) is 9.82. The molecule has 2 N–H and O–H groups in total. The highest BCUT2D eigenvalue weighted by Gasteiger charge is 2.24. The summed E-state index contributed by atoms with van der Waals surface area (Å²) in [6.07, 6.45) is 10.0. The summed E-state index contributed by atoms with van der Waals surface area (Å²) in [6, 6.07) is 16.2. The summed E-state index contributed by atoms with van der Waals surface area (Å²) in [4.78, 5) is 30.3. The van der Waals surface area contributed by atoms with Crippen molar-refractivity contribution in [3.8, 4) is 5.75 Å². The molecular formula is C29H32N4O4. The van der Waals surface area contributed by atoms with Crippen LogP contribution in [0.1, 0.15) is 65.5 Å². The lowest BCUT2D eigenvalue weighted by Crippen LogP contribution is -2.24. The minimum absolute atomic E-state index is 0.208. The third-order valence-electron chi connectivity index (χ3n) is 7.37. The number of anilines is 1. The quantitative estimate of drug-likeness (QED) is 0.451. The van der Waals surface area contributed by atoms with Crippen LogP contribution in [0.25, 0.3) is 6.08 Å². The molecule has 192 valence electrons. The van der Waals surface area contributed by atoms with Gasteiger partial charge in [-0.15, -0.1) is 0 Å². The third-order valence-corrected chi connectivity index (χ3v) is 7.37. The van der Waals surface area contributed by atoms with Crippen LogP contribution in [0.15, 0.2) is 60.9 Å². The van der Waals surface area contributed by atoms with Crippen LogP contribution in [-0.2, 0) is 18.0 Å². The van der Waals surface area contributed by atoms with E-state index in [1.807, 2.05) is 41.1 Å². The fraction of sp³-hybridized carbons (Fsp3) is 0.345. The highest BCUT2D eigenvalue weighted by Crippen LogP contribution is 2.37. The maximum absolute atomic E-state index is 12.7. The molecule has 2 heterocycles. The van der Waals surface area contributed by atoms with Crippen LogP contribution in [0, 0.1) is 5.92 Å². The number of nitrogens with one attached hydrogen (secondary N) is 1. The molecule has 1 aliphatic carbocycles. The fourth-order valence-electron chi connectivity index (χ4n) is 5.22. The number of imidazole rings is 1. The molecular weight excluding hydrogens is 468 g/mol. The Morgan fingerprint density at radius 3 is 2.46 bits per heavy atom. The normalized spacial score (nSPS) is 18.8. The zero-order valence-corrected chi connectivity index (χ0v) is 21.0. The van der Waals surface area contributed by atoms with Gasteiger partial charge in [0.25, 0.3) is 5.91 Å². The van der Waals surface area contributed by atoms with Crippen LogP contribution in [-0.4, -0.2) is 33.6 Å². The van der Waals surface area contributed by atoms with Gasteiger partial charge >= 0.3 is 5.97 Å². The Morgan fingerprint density at radius 1 is 1.05 bits per heavy atom. The predicted octanol–water partition coefficient (Wildman–Crippen LogP) is 5.02. The maximum atomic E-state index is 12.7. The van der Waals surface area contributed by atoms with Crippen molar-refractivity contribution in [2.45, 2.75) is 51.2 Å². The van der Waals surface area contributed by atoms with E-state index in [0.29, 0.717) is 30.7 Å². The van der Waals surface area contributed by atoms with Gasteiger partial charge in [0.15, 0.2) is 0 Å². The van der Waals surface area contributed by atoms with Gasteiger partial charge in [0.1, 0.15) is 23.9 Å². The first-order valence-corrected chi connectivity index (χ1v) is 12.7. The topological polar surface area (TPSA) is 96.7 Å². The largest absolute Gasteiger partial charge is 0.497 e. The number of nitrogens with zero attached hydrogens (tertiary/aromatic N) is 3. The number of aliphatic carboxylic acids is 1. The summed E-state index contributed by atoms with van der Waals surface area (Å²) < 4.78 is 7.14. The van der Waals surface area contributed by atoms with E-state index in [2.05, 4.69) is 39.5 Å². The van der Waals surface area contributed by atoms with Gasteiger partial charge in [0.2, 0.25) is 0 Å². The van der Waals surface area contributed by atoms with Crippen LogP contribution in [0.5, 0.6) is 5.75 Å². The Hall–Kier alpha value is -4.07. The number of carboxylic acid groups (broad SMARTS) is 1. The molecule has 0 bridgehead atoms. The summed E-state index contributed by atoms with van der Waals surface area (Å²) in [5.41, 5.74) is 3.77. The number of methoxy groups -OCH3 is 1. The molecule has 0 saturated heterocycles. The number of rotatable bonds is 8. The van der Waals surface area contributed by atoms with Crippen LogP contribution in [0.3, 0.4) is 0 Å². The van der Waals surface area contributed by atoms with E-state index in [4.69, 9.17) is 9.84 Å². The van der Waals surface area contributed by atoms with Crippen LogP contribution >= 0.6 is 0 Å². The predicted molar refractivity (Wildman–Crippen MR) is 141 cm³/mol. The number of hydrogen-bond acceptors (Lipinski definition) is 5. The average molecular weight is 501 g/mol. The second-order valence-electron chi connectivity index (χ2n) is 9.82. The molecule has 2 aliphatic rings. The SMILES string of the molecule is COc1ccc(CNC(=O)c2cn3c(n2)C=CN(c2ccc(C4CCC(CC(=O)O)CC4)cc2)C3)cc1. The molecule has 1 aliphatic heterocycles. The molecule has 2 aromatic carbocycles. The number of benzene rings is 2. The van der Waals surface area contributed by atoms with Gasteiger partial charge in [0.05, 0.1) is 7.11 Å². The Bertz CT molecular complexity index is 1270. The molecule has 8 heteroatoms. The van der Waals surface area contributed by atoms with Crippen LogP contribution in [0.4, 0.5) is 5.69 Å². The lowest BCUT2D eigenvalue weighted by atomic mass is 9.77. The lowest BCUT2D eigenvalue weighted by molar-refractivity contribution is -0.138. The minimum atomic E-state index is -0.690. The van der Waals surface area contributed by atoms with E-state index < -0.39 is 5.97 Å². The average Bonchev–Trinajstić information content (AvgIpc) is 3.36. The molecule has 0 radical (unpaired) electrons. The van der Waals surface area contributed by atoms with Crippen molar-refractivity contribution >= 4 is 23.6 Å². The highest BCUT2D eigenvalue weighted by atomic mass is 16.5. The van der Waals surface area contributed by atoms with Gasteiger partial charge in [-0.25, -0.2) is 4.98 Å². The van der Waals surface area contributed by atoms with Gasteiger partial charge in [0, 0.05) is 31.0 Å². The standard InChI is InChI=1S/C29H32N4O4/c1-37-25-12-4-21(5-13-25)17-30-29(36)26-18-33-19-32(15-14-27(33)31-26)24-10-8-23(9-11-24)22-6-2-20(3-7-22)16-28(34)35/h4-5,8-15,18,20,22H,2-3,6-7,16-17,19H2,1H3,(H,30,36)(H,34,35). The number of hydrogen-bond donors (Lipinski definition) is 2.